The lowest BCUT2D eigenvalue weighted by molar-refractivity contribution is 0.110. The SMILES string of the molecule is CCOc1ccc2[nH]c(=O)n(C(C)(C)COC)c2c1. The Morgan fingerprint density at radius 1 is 1.37 bits per heavy atom. The maximum absolute atomic E-state index is 12.1. The van der Waals surface area contributed by atoms with Gasteiger partial charge in [-0.05, 0) is 32.9 Å². The molecular formula is C14H20N2O3. The van der Waals surface area contributed by atoms with Gasteiger partial charge in [-0.1, -0.05) is 0 Å². The van der Waals surface area contributed by atoms with Crippen LogP contribution in [0.15, 0.2) is 23.0 Å². The van der Waals surface area contributed by atoms with Gasteiger partial charge in [0, 0.05) is 13.2 Å². The van der Waals surface area contributed by atoms with Crippen LogP contribution in [0.25, 0.3) is 11.0 Å². The summed E-state index contributed by atoms with van der Waals surface area (Å²) in [5.41, 5.74) is 1.08. The highest BCUT2D eigenvalue weighted by Crippen LogP contribution is 2.24. The molecule has 1 N–H and O–H groups in total. The van der Waals surface area contributed by atoms with Crippen molar-refractivity contribution in [2.45, 2.75) is 26.3 Å². The second kappa shape index (κ2) is 5.09. The fraction of sp³-hybridized carbons (Fsp3) is 0.500. The number of ether oxygens (including phenoxy) is 2. The van der Waals surface area contributed by atoms with Gasteiger partial charge in [0.25, 0.3) is 0 Å². The standard InChI is InChI=1S/C14H20N2O3/c1-5-19-10-6-7-11-12(8-10)16(13(17)15-11)14(2,3)9-18-4/h6-8H,5,9H2,1-4H3,(H,15,17). The maximum Gasteiger partial charge on any atom is 0.327 e. The smallest absolute Gasteiger partial charge is 0.327 e. The van der Waals surface area contributed by atoms with E-state index in [4.69, 9.17) is 9.47 Å². The number of rotatable bonds is 5. The van der Waals surface area contributed by atoms with Gasteiger partial charge < -0.3 is 14.5 Å². The third kappa shape index (κ3) is 2.51. The molecule has 0 bridgehead atoms. The van der Waals surface area contributed by atoms with Crippen molar-refractivity contribution in [1.29, 1.82) is 0 Å². The summed E-state index contributed by atoms with van der Waals surface area (Å²) < 4.78 is 12.4. The first-order chi connectivity index (χ1) is 8.99. The molecule has 104 valence electrons. The van der Waals surface area contributed by atoms with Crippen LogP contribution in [0.1, 0.15) is 20.8 Å². The first-order valence-corrected chi connectivity index (χ1v) is 6.36. The molecule has 2 aromatic rings. The average Bonchev–Trinajstić information content (AvgIpc) is 2.65. The molecule has 2 rings (SSSR count). The van der Waals surface area contributed by atoms with Crippen LogP contribution >= 0.6 is 0 Å². The summed E-state index contributed by atoms with van der Waals surface area (Å²) in [6, 6.07) is 5.60. The predicted molar refractivity (Wildman–Crippen MR) is 74.9 cm³/mol. The zero-order chi connectivity index (χ0) is 14.0. The fourth-order valence-electron chi connectivity index (χ4n) is 2.36. The summed E-state index contributed by atoms with van der Waals surface area (Å²) in [7, 11) is 1.63. The van der Waals surface area contributed by atoms with Gasteiger partial charge in [-0.3, -0.25) is 4.57 Å². The van der Waals surface area contributed by atoms with Crippen molar-refractivity contribution in [3.63, 3.8) is 0 Å². The van der Waals surface area contributed by atoms with Crippen LogP contribution in [-0.4, -0.2) is 29.9 Å². The van der Waals surface area contributed by atoms with Crippen LogP contribution in [0.4, 0.5) is 0 Å². The van der Waals surface area contributed by atoms with E-state index in [0.29, 0.717) is 13.2 Å². The van der Waals surface area contributed by atoms with E-state index < -0.39 is 5.54 Å². The van der Waals surface area contributed by atoms with Gasteiger partial charge >= 0.3 is 5.69 Å². The number of aromatic nitrogens is 2. The second-order valence-corrected chi connectivity index (χ2v) is 5.12. The van der Waals surface area contributed by atoms with Gasteiger partial charge in [-0.15, -0.1) is 0 Å². The highest BCUT2D eigenvalue weighted by molar-refractivity contribution is 5.77. The van der Waals surface area contributed by atoms with Crippen molar-refractivity contribution in [2.24, 2.45) is 0 Å². The van der Waals surface area contributed by atoms with E-state index in [1.54, 1.807) is 11.7 Å². The zero-order valence-corrected chi connectivity index (χ0v) is 11.8. The van der Waals surface area contributed by atoms with Crippen LogP contribution in [-0.2, 0) is 10.3 Å². The van der Waals surface area contributed by atoms with Crippen molar-refractivity contribution >= 4 is 11.0 Å². The minimum atomic E-state index is -0.422. The van der Waals surface area contributed by atoms with Gasteiger partial charge in [0.05, 0.1) is 29.8 Å². The highest BCUT2D eigenvalue weighted by Gasteiger charge is 2.25. The molecule has 0 atom stereocenters. The first-order valence-electron chi connectivity index (χ1n) is 6.36. The van der Waals surface area contributed by atoms with Crippen molar-refractivity contribution in [2.75, 3.05) is 20.3 Å². The molecule has 0 spiro atoms. The molecule has 0 saturated heterocycles. The Morgan fingerprint density at radius 3 is 2.74 bits per heavy atom. The van der Waals surface area contributed by atoms with E-state index in [1.807, 2.05) is 39.0 Å². The number of nitrogens with zero attached hydrogens (tertiary/aromatic N) is 1. The van der Waals surface area contributed by atoms with Gasteiger partial charge in [-0.2, -0.15) is 0 Å². The van der Waals surface area contributed by atoms with Crippen LogP contribution < -0.4 is 10.4 Å². The fourth-order valence-corrected chi connectivity index (χ4v) is 2.36. The van der Waals surface area contributed by atoms with Gasteiger partial charge in [0.1, 0.15) is 5.75 Å². The van der Waals surface area contributed by atoms with E-state index in [2.05, 4.69) is 4.98 Å². The number of fused-ring (bicyclic) bond motifs is 1. The van der Waals surface area contributed by atoms with Crippen LogP contribution in [0.2, 0.25) is 0 Å². The van der Waals surface area contributed by atoms with Crippen LogP contribution in [0.5, 0.6) is 5.75 Å². The molecule has 0 aliphatic carbocycles. The highest BCUT2D eigenvalue weighted by atomic mass is 16.5. The summed E-state index contributed by atoms with van der Waals surface area (Å²) in [5, 5.41) is 0. The quantitative estimate of drug-likeness (QED) is 0.899. The molecule has 0 saturated carbocycles. The maximum atomic E-state index is 12.1. The Bertz CT molecular complexity index is 625. The number of hydrogen-bond donors (Lipinski definition) is 1. The number of H-pyrrole nitrogens is 1. The summed E-state index contributed by atoms with van der Waals surface area (Å²) in [6.45, 7) is 6.93. The van der Waals surface area contributed by atoms with E-state index in [1.165, 1.54) is 0 Å². The summed E-state index contributed by atoms with van der Waals surface area (Å²) in [4.78, 5) is 15.0. The molecule has 0 aliphatic rings. The largest absolute Gasteiger partial charge is 0.494 e. The molecule has 5 heteroatoms. The molecule has 0 fully saturated rings. The lowest BCUT2D eigenvalue weighted by atomic mass is 10.1. The van der Waals surface area contributed by atoms with Crippen molar-refractivity contribution in [1.82, 2.24) is 9.55 Å². The number of aromatic amines is 1. The summed E-state index contributed by atoms with van der Waals surface area (Å²) in [6.07, 6.45) is 0. The van der Waals surface area contributed by atoms with Gasteiger partial charge in [0.2, 0.25) is 0 Å². The normalized spacial score (nSPS) is 12.0. The molecular weight excluding hydrogens is 244 g/mol. The molecule has 1 aromatic heterocycles. The molecule has 5 nitrogen and oxygen atoms in total. The number of imidazole rings is 1. The second-order valence-electron chi connectivity index (χ2n) is 5.12. The minimum absolute atomic E-state index is 0.134. The molecule has 1 aromatic carbocycles. The molecule has 0 amide bonds. The third-order valence-corrected chi connectivity index (χ3v) is 3.07. The van der Waals surface area contributed by atoms with E-state index in [0.717, 1.165) is 16.8 Å². The monoisotopic (exact) mass is 264 g/mol. The Kier molecular flexibility index (Phi) is 3.66. The predicted octanol–water partition coefficient (Wildman–Crippen LogP) is 2.11. The Labute approximate surface area is 112 Å². The van der Waals surface area contributed by atoms with Gasteiger partial charge in [0.15, 0.2) is 0 Å². The van der Waals surface area contributed by atoms with Crippen molar-refractivity contribution in [3.05, 3.63) is 28.7 Å². The Morgan fingerprint density at radius 2 is 2.11 bits per heavy atom. The third-order valence-electron chi connectivity index (χ3n) is 3.07. The number of benzene rings is 1. The number of nitrogens with one attached hydrogen (secondary N) is 1. The molecule has 0 unspecified atom stereocenters. The van der Waals surface area contributed by atoms with E-state index >= 15 is 0 Å². The minimum Gasteiger partial charge on any atom is -0.494 e. The molecule has 19 heavy (non-hydrogen) atoms. The lowest BCUT2D eigenvalue weighted by Crippen LogP contribution is -2.38. The topological polar surface area (TPSA) is 56.2 Å². The first kappa shape index (κ1) is 13.7. The van der Waals surface area contributed by atoms with Gasteiger partial charge in [-0.25, -0.2) is 4.79 Å². The molecule has 0 radical (unpaired) electrons. The zero-order valence-electron chi connectivity index (χ0n) is 11.8. The summed E-state index contributed by atoms with van der Waals surface area (Å²) in [5.74, 6) is 0.760. The van der Waals surface area contributed by atoms with E-state index in [-0.39, 0.29) is 5.69 Å². The molecule has 0 aliphatic heterocycles. The van der Waals surface area contributed by atoms with E-state index in [9.17, 15) is 4.79 Å². The lowest BCUT2D eigenvalue weighted by Gasteiger charge is -2.25. The van der Waals surface area contributed by atoms with Crippen molar-refractivity contribution < 1.29 is 9.47 Å². The Hall–Kier alpha value is -1.75. The van der Waals surface area contributed by atoms with Crippen LogP contribution in [0.3, 0.4) is 0 Å². The van der Waals surface area contributed by atoms with Crippen molar-refractivity contribution in [3.8, 4) is 5.75 Å². The number of methoxy groups -OCH3 is 1. The number of hydrogen-bond acceptors (Lipinski definition) is 3. The van der Waals surface area contributed by atoms with Crippen LogP contribution in [0, 0.1) is 0 Å². The molecule has 1 heterocycles. The average molecular weight is 264 g/mol. The Balaban J connectivity index is 2.62. The summed E-state index contributed by atoms with van der Waals surface area (Å²) >= 11 is 0.